The molecule has 150 valence electrons. The van der Waals surface area contributed by atoms with Gasteiger partial charge in [-0.3, -0.25) is 9.59 Å². The van der Waals surface area contributed by atoms with Gasteiger partial charge in [-0.05, 0) is 25.1 Å². The molecule has 2 heterocycles. The van der Waals surface area contributed by atoms with E-state index in [0.717, 1.165) is 22.5 Å². The van der Waals surface area contributed by atoms with Crippen molar-refractivity contribution < 1.29 is 9.53 Å². The number of nitrogens with zero attached hydrogens (tertiary/aromatic N) is 4. The number of aryl methyl sites for hydroxylation is 1. The Morgan fingerprint density at radius 1 is 1.00 bits per heavy atom. The zero-order valence-corrected chi connectivity index (χ0v) is 16.7. The Morgan fingerprint density at radius 3 is 2.38 bits per heavy atom. The Balaban J connectivity index is 1.46. The highest BCUT2D eigenvalue weighted by Gasteiger charge is 2.23. The number of hydrogen-bond acceptors (Lipinski definition) is 5. The van der Waals surface area contributed by atoms with Gasteiger partial charge in [0.2, 0.25) is 5.91 Å². The van der Waals surface area contributed by atoms with Gasteiger partial charge < -0.3 is 14.5 Å². The van der Waals surface area contributed by atoms with Crippen molar-refractivity contribution in [3.8, 4) is 5.75 Å². The van der Waals surface area contributed by atoms with E-state index >= 15 is 0 Å². The van der Waals surface area contributed by atoms with Gasteiger partial charge in [-0.25, -0.2) is 4.68 Å². The second-order valence-electron chi connectivity index (χ2n) is 7.13. The zero-order chi connectivity index (χ0) is 20.4. The van der Waals surface area contributed by atoms with Crippen molar-refractivity contribution >= 4 is 22.4 Å². The van der Waals surface area contributed by atoms with Crippen LogP contribution in [0.25, 0.3) is 10.8 Å². The predicted octanol–water partition coefficient (Wildman–Crippen LogP) is 2.06. The molecule has 0 aliphatic carbocycles. The van der Waals surface area contributed by atoms with Crippen molar-refractivity contribution in [1.29, 1.82) is 0 Å². The molecule has 3 aromatic rings. The molecule has 0 radical (unpaired) electrons. The topological polar surface area (TPSA) is 67.7 Å². The maximum Gasteiger partial charge on any atom is 0.275 e. The van der Waals surface area contributed by atoms with E-state index in [1.165, 1.54) is 4.68 Å². The molecule has 1 aliphatic heterocycles. The molecular formula is C22H24N4O3. The van der Waals surface area contributed by atoms with Crippen LogP contribution in [0.2, 0.25) is 0 Å². The summed E-state index contributed by atoms with van der Waals surface area (Å²) >= 11 is 0. The van der Waals surface area contributed by atoms with Gasteiger partial charge in [-0.15, -0.1) is 0 Å². The molecule has 7 nitrogen and oxygen atoms in total. The Hall–Kier alpha value is -3.35. The molecule has 1 aromatic heterocycles. The van der Waals surface area contributed by atoms with Crippen molar-refractivity contribution in [2.24, 2.45) is 0 Å². The van der Waals surface area contributed by atoms with Crippen LogP contribution in [-0.2, 0) is 11.3 Å². The second-order valence-corrected chi connectivity index (χ2v) is 7.13. The van der Waals surface area contributed by atoms with Crippen LogP contribution in [0.15, 0.2) is 53.3 Å². The number of rotatable bonds is 4. The predicted molar refractivity (Wildman–Crippen MR) is 113 cm³/mol. The van der Waals surface area contributed by atoms with Gasteiger partial charge in [0.1, 0.15) is 12.3 Å². The molecule has 0 N–H and O–H groups in total. The first-order chi connectivity index (χ1) is 14.1. The first-order valence-corrected chi connectivity index (χ1v) is 9.70. The monoisotopic (exact) mass is 392 g/mol. The van der Waals surface area contributed by atoms with Crippen molar-refractivity contribution in [3.05, 3.63) is 64.6 Å². The highest BCUT2D eigenvalue weighted by atomic mass is 16.5. The fourth-order valence-corrected chi connectivity index (χ4v) is 3.83. The average molecular weight is 392 g/mol. The van der Waals surface area contributed by atoms with Gasteiger partial charge in [-0.2, -0.15) is 5.10 Å². The summed E-state index contributed by atoms with van der Waals surface area (Å²) in [6.07, 6.45) is 0. The Morgan fingerprint density at radius 2 is 1.66 bits per heavy atom. The SMILES string of the molecule is COc1ccccc1N1CCN(C(=O)Cn2nc(C)c3ccccc3c2=O)CC1. The molecule has 0 bridgehead atoms. The van der Waals surface area contributed by atoms with E-state index in [-0.39, 0.29) is 18.0 Å². The number of hydrogen-bond donors (Lipinski definition) is 0. The molecule has 0 spiro atoms. The molecule has 1 amide bonds. The number of benzene rings is 2. The third kappa shape index (κ3) is 3.68. The average Bonchev–Trinajstić information content (AvgIpc) is 2.77. The molecule has 4 rings (SSSR count). The number of carbonyl (C=O) groups excluding carboxylic acids is 1. The van der Waals surface area contributed by atoms with Gasteiger partial charge in [0, 0.05) is 31.6 Å². The van der Waals surface area contributed by atoms with Gasteiger partial charge in [-0.1, -0.05) is 30.3 Å². The first-order valence-electron chi connectivity index (χ1n) is 9.70. The van der Waals surface area contributed by atoms with Gasteiger partial charge >= 0.3 is 0 Å². The molecule has 1 saturated heterocycles. The van der Waals surface area contributed by atoms with Crippen LogP contribution in [0, 0.1) is 6.92 Å². The maximum absolute atomic E-state index is 12.8. The van der Waals surface area contributed by atoms with Crippen molar-refractivity contribution in [2.45, 2.75) is 13.5 Å². The van der Waals surface area contributed by atoms with Crippen LogP contribution in [0.5, 0.6) is 5.75 Å². The molecule has 2 aromatic carbocycles. The van der Waals surface area contributed by atoms with E-state index in [4.69, 9.17) is 4.74 Å². The van der Waals surface area contributed by atoms with E-state index in [2.05, 4.69) is 10.00 Å². The lowest BCUT2D eigenvalue weighted by molar-refractivity contribution is -0.132. The van der Waals surface area contributed by atoms with Gasteiger partial charge in [0.25, 0.3) is 5.56 Å². The minimum atomic E-state index is -0.229. The smallest absolute Gasteiger partial charge is 0.275 e. The lowest BCUT2D eigenvalue weighted by atomic mass is 10.1. The standard InChI is InChI=1S/C22H24N4O3/c1-16-17-7-3-4-8-18(17)22(28)26(23-16)15-21(27)25-13-11-24(12-14-25)19-9-5-6-10-20(19)29-2/h3-10H,11-15H2,1-2H3. The summed E-state index contributed by atoms with van der Waals surface area (Å²) in [7, 11) is 1.66. The number of fused-ring (bicyclic) bond motifs is 1. The summed E-state index contributed by atoms with van der Waals surface area (Å²) in [6.45, 7) is 4.43. The molecule has 1 fully saturated rings. The van der Waals surface area contributed by atoms with Crippen LogP contribution in [0.3, 0.4) is 0 Å². The molecule has 7 heteroatoms. The lowest BCUT2D eigenvalue weighted by Crippen LogP contribution is -2.50. The summed E-state index contributed by atoms with van der Waals surface area (Å²) in [6, 6.07) is 15.2. The fourth-order valence-electron chi connectivity index (χ4n) is 3.83. The van der Waals surface area contributed by atoms with E-state index in [0.29, 0.717) is 31.6 Å². The maximum atomic E-state index is 12.8. The second kappa shape index (κ2) is 7.95. The quantitative estimate of drug-likeness (QED) is 0.680. The first kappa shape index (κ1) is 19.0. The normalized spacial score (nSPS) is 14.3. The number of methoxy groups -OCH3 is 1. The van der Waals surface area contributed by atoms with Crippen molar-refractivity contribution in [2.75, 3.05) is 38.2 Å². The molecule has 0 atom stereocenters. The summed E-state index contributed by atoms with van der Waals surface area (Å²) in [5, 5.41) is 5.77. The summed E-state index contributed by atoms with van der Waals surface area (Å²) < 4.78 is 6.73. The number of amides is 1. The molecule has 0 saturated carbocycles. The zero-order valence-electron chi connectivity index (χ0n) is 16.7. The van der Waals surface area contributed by atoms with Crippen LogP contribution < -0.4 is 15.2 Å². The minimum Gasteiger partial charge on any atom is -0.495 e. The number of ether oxygens (including phenoxy) is 1. The van der Waals surface area contributed by atoms with Crippen LogP contribution in [0.1, 0.15) is 5.69 Å². The van der Waals surface area contributed by atoms with E-state index in [1.807, 2.05) is 49.4 Å². The van der Waals surface area contributed by atoms with Crippen LogP contribution in [0.4, 0.5) is 5.69 Å². The Bertz CT molecular complexity index is 1100. The number of piperazine rings is 1. The molecule has 29 heavy (non-hydrogen) atoms. The summed E-state index contributed by atoms with van der Waals surface area (Å²) in [4.78, 5) is 29.5. The van der Waals surface area contributed by atoms with Gasteiger partial charge in [0.05, 0.1) is 23.9 Å². The highest BCUT2D eigenvalue weighted by Crippen LogP contribution is 2.28. The largest absolute Gasteiger partial charge is 0.495 e. The number of anilines is 1. The summed E-state index contributed by atoms with van der Waals surface area (Å²) in [5.74, 6) is 0.739. The van der Waals surface area contributed by atoms with Crippen LogP contribution >= 0.6 is 0 Å². The fraction of sp³-hybridized carbons (Fsp3) is 0.318. The number of para-hydroxylation sites is 2. The van der Waals surface area contributed by atoms with E-state index < -0.39 is 0 Å². The van der Waals surface area contributed by atoms with Crippen molar-refractivity contribution in [1.82, 2.24) is 14.7 Å². The third-order valence-electron chi connectivity index (χ3n) is 5.40. The molecule has 0 unspecified atom stereocenters. The molecule has 1 aliphatic rings. The number of aromatic nitrogens is 2. The molecular weight excluding hydrogens is 368 g/mol. The highest BCUT2D eigenvalue weighted by molar-refractivity contribution is 5.83. The van der Waals surface area contributed by atoms with E-state index in [1.54, 1.807) is 18.1 Å². The van der Waals surface area contributed by atoms with Gasteiger partial charge in [0.15, 0.2) is 0 Å². The lowest BCUT2D eigenvalue weighted by Gasteiger charge is -2.36. The summed E-state index contributed by atoms with van der Waals surface area (Å²) in [5.41, 5.74) is 1.55. The third-order valence-corrected chi connectivity index (χ3v) is 5.40. The number of carbonyl (C=O) groups is 1. The van der Waals surface area contributed by atoms with Crippen molar-refractivity contribution in [3.63, 3.8) is 0 Å². The Kier molecular flexibility index (Phi) is 5.20. The van der Waals surface area contributed by atoms with Crippen LogP contribution in [-0.4, -0.2) is 53.9 Å². The van der Waals surface area contributed by atoms with E-state index in [9.17, 15) is 9.59 Å². The minimum absolute atomic E-state index is 0.0425. The Labute approximate surface area is 169 Å².